The fraction of sp³-hybridized carbons (Fsp3) is 0.303. The van der Waals surface area contributed by atoms with E-state index in [1.54, 1.807) is 17.2 Å². The lowest BCUT2D eigenvalue weighted by atomic mass is 9.77. The van der Waals surface area contributed by atoms with Crippen molar-refractivity contribution in [1.29, 1.82) is 0 Å². The van der Waals surface area contributed by atoms with Crippen molar-refractivity contribution in [3.8, 4) is 11.5 Å². The van der Waals surface area contributed by atoms with Crippen molar-refractivity contribution in [2.45, 2.75) is 50.4 Å². The third-order valence-electron chi connectivity index (χ3n) is 8.36. The van der Waals surface area contributed by atoms with Crippen LogP contribution in [0, 0.1) is 0 Å². The average Bonchev–Trinajstić information content (AvgIpc) is 3.05. The van der Waals surface area contributed by atoms with Crippen LogP contribution in [0.15, 0.2) is 72.9 Å². The Morgan fingerprint density at radius 1 is 0.977 bits per heavy atom. The quantitative estimate of drug-likeness (QED) is 0.215. The van der Waals surface area contributed by atoms with E-state index in [2.05, 4.69) is 29.6 Å². The van der Waals surface area contributed by atoms with Crippen LogP contribution in [0.1, 0.15) is 41.9 Å². The number of carbonyl (C=O) groups excluding carboxylic acids is 1. The first-order chi connectivity index (χ1) is 21.4. The lowest BCUT2D eigenvalue weighted by Crippen LogP contribution is -2.49. The van der Waals surface area contributed by atoms with Gasteiger partial charge in [-0.1, -0.05) is 90.3 Å². The number of anilines is 3. The Labute approximate surface area is 266 Å². The molecule has 1 unspecified atom stereocenters. The Kier molecular flexibility index (Phi) is 8.79. The van der Waals surface area contributed by atoms with Gasteiger partial charge in [0.05, 0.1) is 39.0 Å². The number of carbonyl (C=O) groups is 1. The highest BCUT2D eigenvalue weighted by molar-refractivity contribution is 6.42. The van der Waals surface area contributed by atoms with E-state index in [1.165, 1.54) is 24.7 Å². The smallest absolute Gasteiger partial charge is 0.330 e. The van der Waals surface area contributed by atoms with E-state index >= 15 is 0 Å². The molecule has 0 saturated heterocycles. The van der Waals surface area contributed by atoms with Crippen LogP contribution in [0.5, 0.6) is 11.5 Å². The molecule has 1 fully saturated rings. The molecule has 4 aromatic rings. The summed E-state index contributed by atoms with van der Waals surface area (Å²) in [5.74, 6) is 1.82. The molecule has 1 aliphatic heterocycles. The molecule has 6 rings (SSSR count). The second-order valence-corrected chi connectivity index (χ2v) is 11.8. The molecule has 1 saturated carbocycles. The molecular formula is C33H34Cl2N6O3. The molecule has 9 nitrogen and oxygen atoms in total. The highest BCUT2D eigenvalue weighted by Crippen LogP contribution is 2.48. The van der Waals surface area contributed by atoms with E-state index in [9.17, 15) is 4.79 Å². The SMILES string of the molecule is COc1cc(OC)c(Cl)c(N2Cc3cnc(N[C@@H]4C(c5ccccc5)CCC[C@@H]4N)nc3N(Cc3ccccc3)C2=O)c1Cl. The average molecular weight is 634 g/mol. The Morgan fingerprint density at radius 3 is 2.30 bits per heavy atom. The van der Waals surface area contributed by atoms with Gasteiger partial charge in [-0.3, -0.25) is 9.80 Å². The van der Waals surface area contributed by atoms with Crippen molar-refractivity contribution >= 4 is 46.7 Å². The Morgan fingerprint density at radius 2 is 1.64 bits per heavy atom. The number of rotatable bonds is 8. The van der Waals surface area contributed by atoms with Crippen molar-refractivity contribution in [2.75, 3.05) is 29.3 Å². The van der Waals surface area contributed by atoms with Crippen LogP contribution in [-0.2, 0) is 13.1 Å². The van der Waals surface area contributed by atoms with E-state index in [4.69, 9.17) is 48.4 Å². The molecule has 1 aromatic heterocycles. The van der Waals surface area contributed by atoms with Crippen LogP contribution < -0.4 is 30.3 Å². The fourth-order valence-electron chi connectivity index (χ4n) is 6.14. The predicted molar refractivity (Wildman–Crippen MR) is 174 cm³/mol. The summed E-state index contributed by atoms with van der Waals surface area (Å²) in [4.78, 5) is 27.1. The van der Waals surface area contributed by atoms with Gasteiger partial charge in [-0.15, -0.1) is 0 Å². The summed E-state index contributed by atoms with van der Waals surface area (Å²) in [5, 5.41) is 3.95. The van der Waals surface area contributed by atoms with Crippen LogP contribution >= 0.6 is 23.2 Å². The zero-order valence-corrected chi connectivity index (χ0v) is 26.1. The Hall–Kier alpha value is -4.05. The number of aromatic nitrogens is 2. The first-order valence-electron chi connectivity index (χ1n) is 14.6. The van der Waals surface area contributed by atoms with Gasteiger partial charge < -0.3 is 20.5 Å². The molecule has 3 atom stereocenters. The molecule has 0 bridgehead atoms. The number of ether oxygens (including phenoxy) is 2. The van der Waals surface area contributed by atoms with E-state index in [0.717, 1.165) is 30.4 Å². The van der Waals surface area contributed by atoms with Gasteiger partial charge in [0.15, 0.2) is 0 Å². The minimum absolute atomic E-state index is 0.0653. The lowest BCUT2D eigenvalue weighted by Gasteiger charge is -2.39. The van der Waals surface area contributed by atoms with Gasteiger partial charge in [0.25, 0.3) is 0 Å². The number of hydrogen-bond acceptors (Lipinski definition) is 7. The molecule has 2 amide bonds. The van der Waals surface area contributed by atoms with Gasteiger partial charge in [0.2, 0.25) is 5.95 Å². The third kappa shape index (κ3) is 5.75. The van der Waals surface area contributed by atoms with Gasteiger partial charge >= 0.3 is 6.03 Å². The maximum atomic E-state index is 14.3. The summed E-state index contributed by atoms with van der Waals surface area (Å²) in [5.41, 5.74) is 9.85. The highest BCUT2D eigenvalue weighted by Gasteiger charge is 2.38. The molecule has 2 aliphatic rings. The minimum Gasteiger partial charge on any atom is -0.495 e. The van der Waals surface area contributed by atoms with E-state index in [0.29, 0.717) is 29.0 Å². The summed E-state index contributed by atoms with van der Waals surface area (Å²) < 4.78 is 10.9. The fourth-order valence-corrected chi connectivity index (χ4v) is 6.85. The number of benzene rings is 3. The van der Waals surface area contributed by atoms with Crippen LogP contribution in [0.3, 0.4) is 0 Å². The molecule has 1 aliphatic carbocycles. The number of hydrogen-bond donors (Lipinski definition) is 2. The number of methoxy groups -OCH3 is 2. The first kappa shape index (κ1) is 30.0. The topological polar surface area (TPSA) is 106 Å². The second kappa shape index (κ2) is 12.9. The molecule has 11 heteroatoms. The van der Waals surface area contributed by atoms with Crippen molar-refractivity contribution in [3.63, 3.8) is 0 Å². The van der Waals surface area contributed by atoms with Crippen molar-refractivity contribution in [2.24, 2.45) is 5.73 Å². The van der Waals surface area contributed by atoms with Gasteiger partial charge in [-0.25, -0.2) is 9.78 Å². The molecule has 2 heterocycles. The Bertz CT molecular complexity index is 1610. The number of fused-ring (bicyclic) bond motifs is 1. The van der Waals surface area contributed by atoms with Gasteiger partial charge in [0.1, 0.15) is 27.4 Å². The summed E-state index contributed by atoms with van der Waals surface area (Å²) in [6, 6.07) is 21.3. The normalized spacial score (nSPS) is 19.8. The maximum absolute atomic E-state index is 14.3. The van der Waals surface area contributed by atoms with E-state index in [-0.39, 0.29) is 47.2 Å². The molecule has 0 radical (unpaired) electrons. The van der Waals surface area contributed by atoms with Crippen molar-refractivity contribution in [3.05, 3.63) is 99.7 Å². The number of amides is 2. The third-order valence-corrected chi connectivity index (χ3v) is 9.09. The molecular weight excluding hydrogens is 599 g/mol. The molecule has 228 valence electrons. The van der Waals surface area contributed by atoms with Crippen LogP contribution in [-0.4, -0.2) is 42.3 Å². The Balaban J connectivity index is 1.40. The molecule has 44 heavy (non-hydrogen) atoms. The predicted octanol–water partition coefficient (Wildman–Crippen LogP) is 7.02. The van der Waals surface area contributed by atoms with Gasteiger partial charge in [-0.2, -0.15) is 4.98 Å². The van der Waals surface area contributed by atoms with Gasteiger partial charge in [-0.05, 0) is 24.0 Å². The summed E-state index contributed by atoms with van der Waals surface area (Å²) >= 11 is 13.5. The van der Waals surface area contributed by atoms with Crippen LogP contribution in [0.4, 0.5) is 22.2 Å². The van der Waals surface area contributed by atoms with E-state index < -0.39 is 0 Å². The number of nitrogens with one attached hydrogen (secondary N) is 1. The number of urea groups is 1. The van der Waals surface area contributed by atoms with Crippen molar-refractivity contribution < 1.29 is 14.3 Å². The zero-order valence-electron chi connectivity index (χ0n) is 24.5. The largest absolute Gasteiger partial charge is 0.495 e. The zero-order chi connectivity index (χ0) is 30.8. The highest BCUT2D eigenvalue weighted by atomic mass is 35.5. The van der Waals surface area contributed by atoms with Crippen LogP contribution in [0.25, 0.3) is 0 Å². The first-order valence-corrected chi connectivity index (χ1v) is 15.3. The molecule has 0 spiro atoms. The summed E-state index contributed by atoms with van der Waals surface area (Å²) in [6.45, 7) is 0.413. The minimum atomic E-state index is -0.346. The molecule has 3 aromatic carbocycles. The van der Waals surface area contributed by atoms with Gasteiger partial charge in [0, 0.05) is 29.8 Å². The van der Waals surface area contributed by atoms with Crippen molar-refractivity contribution in [1.82, 2.24) is 9.97 Å². The number of halogens is 2. The van der Waals surface area contributed by atoms with Crippen LogP contribution in [0.2, 0.25) is 10.0 Å². The molecule has 3 N–H and O–H groups in total. The lowest BCUT2D eigenvalue weighted by molar-refractivity contribution is 0.249. The maximum Gasteiger partial charge on any atom is 0.330 e. The number of nitrogens with zero attached hydrogens (tertiary/aromatic N) is 4. The monoisotopic (exact) mass is 632 g/mol. The summed E-state index contributed by atoms with van der Waals surface area (Å²) in [7, 11) is 2.99. The number of nitrogens with two attached hydrogens (primary N) is 1. The summed E-state index contributed by atoms with van der Waals surface area (Å²) in [6.07, 6.45) is 4.72. The second-order valence-electron chi connectivity index (χ2n) is 11.0. The van der Waals surface area contributed by atoms with E-state index in [1.807, 2.05) is 36.4 Å². The standard InChI is InChI=1S/C33H34Cl2N6O3/c1-43-25-16-26(44-2)28(35)30(27(25)34)40-19-22-17-37-32(39-31(22)41(33(40)42)18-20-10-5-3-6-11-20)38-29-23(14-9-15-24(29)36)21-12-7-4-8-13-21/h3-8,10-13,16-17,23-24,29H,9,14-15,18-19,36H2,1-2H3,(H,37,38,39)/t23?,24-,29+/m0/s1.